The number of carbonyl (C=O) groups is 3. The third kappa shape index (κ3) is 5.03. The van der Waals surface area contributed by atoms with Crippen molar-refractivity contribution in [1.82, 2.24) is 20.2 Å². The van der Waals surface area contributed by atoms with Crippen LogP contribution in [0.5, 0.6) is 0 Å². The van der Waals surface area contributed by atoms with Gasteiger partial charge in [-0.2, -0.15) is 0 Å². The Kier molecular flexibility index (Phi) is 6.46. The first-order valence-corrected chi connectivity index (χ1v) is 12.4. The van der Waals surface area contributed by atoms with Crippen LogP contribution in [0.25, 0.3) is 0 Å². The maximum atomic E-state index is 13.0. The number of aromatic nitrogens is 2. The van der Waals surface area contributed by atoms with Crippen LogP contribution in [0.4, 0.5) is 16.3 Å². The number of imide groups is 1. The van der Waals surface area contributed by atoms with Crippen LogP contribution in [0.3, 0.4) is 0 Å². The van der Waals surface area contributed by atoms with Crippen LogP contribution in [0.2, 0.25) is 0 Å². The molecule has 0 radical (unpaired) electrons. The summed E-state index contributed by atoms with van der Waals surface area (Å²) in [6.07, 6.45) is 0. The molecule has 186 valence electrons. The van der Waals surface area contributed by atoms with E-state index >= 15 is 0 Å². The molecule has 1 aliphatic heterocycles. The van der Waals surface area contributed by atoms with E-state index in [0.29, 0.717) is 22.8 Å². The summed E-state index contributed by atoms with van der Waals surface area (Å²) >= 11 is 0. The predicted molar refractivity (Wildman–Crippen MR) is 131 cm³/mol. The molecule has 1 atom stereocenters. The van der Waals surface area contributed by atoms with Gasteiger partial charge in [0.15, 0.2) is 0 Å². The first kappa shape index (κ1) is 24.8. The smallest absolute Gasteiger partial charge is 0.325 e. The molecule has 2 heterocycles. The number of carbonyl (C=O) groups excluding carboxylic acids is 3. The van der Waals surface area contributed by atoms with Gasteiger partial charge in [0.1, 0.15) is 23.7 Å². The number of amides is 4. The van der Waals surface area contributed by atoms with Gasteiger partial charge in [0.05, 0.1) is 4.90 Å². The van der Waals surface area contributed by atoms with Gasteiger partial charge in [0.2, 0.25) is 5.91 Å². The van der Waals surface area contributed by atoms with E-state index in [0.717, 1.165) is 4.90 Å². The molecule has 1 saturated heterocycles. The lowest BCUT2D eigenvalue weighted by Gasteiger charge is -2.22. The van der Waals surface area contributed by atoms with Gasteiger partial charge in [-0.05, 0) is 50.6 Å². The second-order valence-electron chi connectivity index (χ2n) is 8.43. The van der Waals surface area contributed by atoms with Crippen LogP contribution in [0.1, 0.15) is 24.0 Å². The van der Waals surface area contributed by atoms with Gasteiger partial charge in [-0.3, -0.25) is 19.2 Å². The van der Waals surface area contributed by atoms with Crippen molar-refractivity contribution in [1.29, 1.82) is 0 Å². The number of nitrogens with zero attached hydrogens (tertiary/aromatic N) is 3. The summed E-state index contributed by atoms with van der Waals surface area (Å²) in [5.74, 6) is -0.582. The van der Waals surface area contributed by atoms with Crippen molar-refractivity contribution in [2.75, 3.05) is 16.6 Å². The van der Waals surface area contributed by atoms with Crippen molar-refractivity contribution in [3.05, 3.63) is 77.7 Å². The van der Waals surface area contributed by atoms with Crippen LogP contribution in [-0.4, -0.2) is 47.7 Å². The molecule has 11 nitrogen and oxygen atoms in total. The zero-order valence-corrected chi connectivity index (χ0v) is 20.6. The lowest BCUT2D eigenvalue weighted by molar-refractivity contribution is -0.133. The molecular formula is C24H24N6O5S. The molecule has 3 aromatic rings. The summed E-state index contributed by atoms with van der Waals surface area (Å²) in [5.41, 5.74) is 0.240. The average molecular weight is 509 g/mol. The molecule has 4 amide bonds. The number of aryl methyl sites for hydroxylation is 2. The number of rotatable bonds is 7. The fraction of sp³-hybridized carbons (Fsp3) is 0.208. The van der Waals surface area contributed by atoms with Crippen LogP contribution in [0, 0.1) is 13.8 Å². The maximum absolute atomic E-state index is 13.0. The number of urea groups is 1. The van der Waals surface area contributed by atoms with Crippen LogP contribution in [-0.2, 0) is 25.2 Å². The summed E-state index contributed by atoms with van der Waals surface area (Å²) in [7, 11) is -3.92. The van der Waals surface area contributed by atoms with Crippen LogP contribution in [0.15, 0.2) is 65.6 Å². The van der Waals surface area contributed by atoms with Crippen molar-refractivity contribution in [3.8, 4) is 0 Å². The molecule has 0 aliphatic carbocycles. The highest BCUT2D eigenvalue weighted by Crippen LogP contribution is 2.28. The second kappa shape index (κ2) is 9.38. The molecule has 1 aromatic heterocycles. The van der Waals surface area contributed by atoms with E-state index in [1.807, 2.05) is 0 Å². The molecule has 0 bridgehead atoms. The average Bonchev–Trinajstić information content (AvgIpc) is 3.03. The number of nitrogens with one attached hydrogen (secondary N) is 3. The number of hydrogen-bond donors (Lipinski definition) is 3. The highest BCUT2D eigenvalue weighted by molar-refractivity contribution is 7.92. The van der Waals surface area contributed by atoms with Crippen molar-refractivity contribution in [3.63, 3.8) is 0 Å². The molecule has 0 saturated carbocycles. The molecule has 12 heteroatoms. The predicted octanol–water partition coefficient (Wildman–Crippen LogP) is 2.30. The quantitative estimate of drug-likeness (QED) is 0.414. The molecule has 1 aliphatic rings. The van der Waals surface area contributed by atoms with E-state index in [1.165, 1.54) is 30.3 Å². The Morgan fingerprint density at radius 1 is 1.03 bits per heavy atom. The number of benzene rings is 2. The first-order chi connectivity index (χ1) is 17.0. The Balaban J connectivity index is 1.41. The largest absolute Gasteiger partial charge is 0.325 e. The number of hydrogen-bond acceptors (Lipinski definition) is 7. The standard InChI is InChI=1S/C24H24N6O5S/c1-15-13-20(26-16(2)25-15)29-36(34,35)19-11-9-18(10-12-19)27-21(31)14-30-22(32)24(3,28-23(30)33)17-7-5-4-6-8-17/h4-13H,14H2,1-3H3,(H,27,31)(H,28,33)(H,25,26,29)/t24-/m1/s1. The zero-order chi connectivity index (χ0) is 26.1. The van der Waals surface area contributed by atoms with Gasteiger partial charge >= 0.3 is 6.03 Å². The highest BCUT2D eigenvalue weighted by atomic mass is 32.2. The summed E-state index contributed by atoms with van der Waals surface area (Å²) in [6.45, 7) is 4.47. The Bertz CT molecular complexity index is 1420. The summed E-state index contributed by atoms with van der Waals surface area (Å²) in [6, 6.07) is 15.0. The van der Waals surface area contributed by atoms with E-state index in [9.17, 15) is 22.8 Å². The van der Waals surface area contributed by atoms with Crippen LogP contribution < -0.4 is 15.4 Å². The summed E-state index contributed by atoms with van der Waals surface area (Å²) in [5, 5.41) is 5.21. The van der Waals surface area contributed by atoms with Crippen molar-refractivity contribution >= 4 is 39.4 Å². The van der Waals surface area contributed by atoms with Crippen molar-refractivity contribution < 1.29 is 22.8 Å². The first-order valence-electron chi connectivity index (χ1n) is 10.9. The molecule has 0 spiro atoms. The van der Waals surface area contributed by atoms with E-state index < -0.39 is 40.0 Å². The normalized spacial score (nSPS) is 17.6. The minimum atomic E-state index is -3.92. The summed E-state index contributed by atoms with van der Waals surface area (Å²) in [4.78, 5) is 46.9. The third-order valence-electron chi connectivity index (χ3n) is 5.58. The lowest BCUT2D eigenvalue weighted by atomic mass is 9.92. The fourth-order valence-electron chi connectivity index (χ4n) is 3.84. The van der Waals surface area contributed by atoms with Gasteiger partial charge in [-0.25, -0.2) is 23.2 Å². The summed E-state index contributed by atoms with van der Waals surface area (Å²) < 4.78 is 27.8. The molecule has 36 heavy (non-hydrogen) atoms. The highest BCUT2D eigenvalue weighted by Gasteiger charge is 2.49. The SMILES string of the molecule is Cc1cc(NS(=O)(=O)c2ccc(NC(=O)CN3C(=O)N[C@](C)(c4ccccc4)C3=O)cc2)nc(C)n1. The fourth-order valence-corrected chi connectivity index (χ4v) is 4.83. The topological polar surface area (TPSA) is 150 Å². The molecular weight excluding hydrogens is 484 g/mol. The van der Waals surface area contributed by atoms with E-state index in [1.54, 1.807) is 51.1 Å². The third-order valence-corrected chi connectivity index (χ3v) is 6.95. The Hall–Kier alpha value is -4.32. The van der Waals surface area contributed by atoms with E-state index in [2.05, 4.69) is 25.3 Å². The Morgan fingerprint density at radius 2 is 1.69 bits per heavy atom. The minimum absolute atomic E-state index is 0.0397. The number of anilines is 2. The Morgan fingerprint density at radius 3 is 2.33 bits per heavy atom. The molecule has 1 fully saturated rings. The monoisotopic (exact) mass is 508 g/mol. The molecule has 0 unspecified atom stereocenters. The van der Waals surface area contributed by atoms with Gasteiger partial charge in [0.25, 0.3) is 15.9 Å². The van der Waals surface area contributed by atoms with Crippen LogP contribution >= 0.6 is 0 Å². The molecule has 3 N–H and O–H groups in total. The van der Waals surface area contributed by atoms with E-state index in [4.69, 9.17) is 0 Å². The van der Waals surface area contributed by atoms with Gasteiger partial charge in [-0.15, -0.1) is 0 Å². The van der Waals surface area contributed by atoms with Crippen molar-refractivity contribution in [2.45, 2.75) is 31.2 Å². The van der Waals surface area contributed by atoms with Gasteiger partial charge in [0, 0.05) is 17.4 Å². The van der Waals surface area contributed by atoms with Gasteiger partial charge in [-0.1, -0.05) is 30.3 Å². The van der Waals surface area contributed by atoms with Crippen molar-refractivity contribution in [2.24, 2.45) is 0 Å². The second-order valence-corrected chi connectivity index (χ2v) is 10.1. The maximum Gasteiger partial charge on any atom is 0.325 e. The van der Waals surface area contributed by atoms with E-state index in [-0.39, 0.29) is 10.7 Å². The number of sulfonamides is 1. The lowest BCUT2D eigenvalue weighted by Crippen LogP contribution is -2.42. The van der Waals surface area contributed by atoms with Gasteiger partial charge < -0.3 is 10.6 Å². The Labute approximate surface area is 208 Å². The molecule has 2 aromatic carbocycles. The minimum Gasteiger partial charge on any atom is -0.325 e. The zero-order valence-electron chi connectivity index (χ0n) is 19.8. The molecule has 4 rings (SSSR count).